The minimum atomic E-state index is -0.772. The van der Waals surface area contributed by atoms with Crippen LogP contribution in [0.25, 0.3) is 0 Å². The van der Waals surface area contributed by atoms with Crippen LogP contribution in [0, 0.1) is 0 Å². The number of hydrogen-bond donors (Lipinski definition) is 1. The molecule has 0 atom stereocenters. The molecular formula is C21H44N2O2Sn. The van der Waals surface area contributed by atoms with E-state index < -0.39 is 26.7 Å². The van der Waals surface area contributed by atoms with Gasteiger partial charge < -0.3 is 0 Å². The standard InChI is InChI=1S/C13H27.C8H17N2O2.Sn/c1-4-7-10-13(11-8-5-2)12-9-6-3;1-8(2,3)12-7(11)10(4)6-5-9;/h4-12H2,1-3H3;4-6,9H2,1-3H3;. The van der Waals surface area contributed by atoms with Gasteiger partial charge in [0.1, 0.15) is 0 Å². The summed E-state index contributed by atoms with van der Waals surface area (Å²) in [6, 6.07) is 0. The molecule has 0 aliphatic carbocycles. The second-order valence-corrected chi connectivity index (χ2v) is 13.4. The molecule has 1 amide bonds. The minimum absolute atomic E-state index is 0.181. The molecule has 0 unspecified atom stereocenters. The first-order valence-electron chi connectivity index (χ1n) is 10.7. The SMILES string of the molecule is CCCC[C](CCCC)(CCCC)[Sn][CH2]N(CCN)C(=O)OC(C)(C)C. The third-order valence-corrected chi connectivity index (χ3v) is 10.5. The summed E-state index contributed by atoms with van der Waals surface area (Å²) >= 11 is -0.772. The van der Waals surface area contributed by atoms with E-state index in [1.54, 1.807) is 0 Å². The zero-order chi connectivity index (χ0) is 20.1. The van der Waals surface area contributed by atoms with Crippen LogP contribution in [-0.4, -0.2) is 55.4 Å². The molecular weight excluding hydrogens is 431 g/mol. The van der Waals surface area contributed by atoms with Crippen LogP contribution in [0.3, 0.4) is 0 Å². The van der Waals surface area contributed by atoms with Gasteiger partial charge in [-0.1, -0.05) is 0 Å². The van der Waals surface area contributed by atoms with E-state index in [0.29, 0.717) is 16.5 Å². The second-order valence-electron chi connectivity index (χ2n) is 8.46. The summed E-state index contributed by atoms with van der Waals surface area (Å²) in [6.45, 7) is 13.8. The van der Waals surface area contributed by atoms with Gasteiger partial charge in [0.15, 0.2) is 0 Å². The first-order chi connectivity index (χ1) is 12.2. The van der Waals surface area contributed by atoms with Gasteiger partial charge in [0, 0.05) is 0 Å². The van der Waals surface area contributed by atoms with Crippen LogP contribution in [0.4, 0.5) is 4.79 Å². The molecule has 2 radical (unpaired) electrons. The van der Waals surface area contributed by atoms with Crippen molar-refractivity contribution in [3.8, 4) is 0 Å². The van der Waals surface area contributed by atoms with Crippen molar-refractivity contribution >= 4 is 27.2 Å². The van der Waals surface area contributed by atoms with Gasteiger partial charge >= 0.3 is 173 Å². The number of ether oxygens (including phenoxy) is 1. The van der Waals surface area contributed by atoms with Gasteiger partial charge in [-0.3, -0.25) is 0 Å². The third kappa shape index (κ3) is 11.7. The van der Waals surface area contributed by atoms with Crippen LogP contribution >= 0.6 is 0 Å². The number of unbranched alkanes of at least 4 members (excludes halogenated alkanes) is 3. The van der Waals surface area contributed by atoms with E-state index in [2.05, 4.69) is 20.8 Å². The Labute approximate surface area is 173 Å². The molecule has 2 N–H and O–H groups in total. The fourth-order valence-electron chi connectivity index (χ4n) is 3.17. The normalized spacial score (nSPS) is 12.3. The van der Waals surface area contributed by atoms with Crippen molar-refractivity contribution in [1.82, 2.24) is 4.90 Å². The second kappa shape index (κ2) is 14.1. The van der Waals surface area contributed by atoms with Gasteiger partial charge in [-0.2, -0.15) is 0 Å². The van der Waals surface area contributed by atoms with Gasteiger partial charge in [0.2, 0.25) is 0 Å². The van der Waals surface area contributed by atoms with E-state index in [1.807, 2.05) is 25.7 Å². The maximum absolute atomic E-state index is 12.6. The fourth-order valence-corrected chi connectivity index (χ4v) is 8.52. The summed E-state index contributed by atoms with van der Waals surface area (Å²) in [6.07, 6.45) is 11.6. The van der Waals surface area contributed by atoms with Crippen molar-refractivity contribution in [3.05, 3.63) is 0 Å². The fraction of sp³-hybridized carbons (Fsp3) is 0.952. The number of carbonyl (C=O) groups is 1. The molecule has 0 rings (SSSR count). The molecule has 0 aliphatic heterocycles. The van der Waals surface area contributed by atoms with E-state index in [0.717, 1.165) is 4.56 Å². The van der Waals surface area contributed by atoms with Crippen molar-refractivity contribution in [2.45, 2.75) is 108 Å². The van der Waals surface area contributed by atoms with Crippen molar-refractivity contribution in [3.63, 3.8) is 0 Å². The van der Waals surface area contributed by atoms with Crippen LogP contribution in [0.5, 0.6) is 0 Å². The Morgan fingerprint density at radius 3 is 1.77 bits per heavy atom. The molecule has 0 saturated carbocycles. The summed E-state index contributed by atoms with van der Waals surface area (Å²) in [7, 11) is 0. The molecule has 0 fully saturated rings. The molecule has 0 aromatic rings. The van der Waals surface area contributed by atoms with Gasteiger partial charge in [0.05, 0.1) is 0 Å². The van der Waals surface area contributed by atoms with E-state index in [-0.39, 0.29) is 6.09 Å². The van der Waals surface area contributed by atoms with Crippen LogP contribution in [-0.2, 0) is 4.74 Å². The third-order valence-electron chi connectivity index (χ3n) is 4.72. The monoisotopic (exact) mass is 476 g/mol. The Morgan fingerprint density at radius 1 is 0.962 bits per heavy atom. The van der Waals surface area contributed by atoms with Crippen molar-refractivity contribution < 1.29 is 9.53 Å². The first-order valence-corrected chi connectivity index (χ1v) is 14.1. The van der Waals surface area contributed by atoms with Gasteiger partial charge in [-0.25, -0.2) is 0 Å². The molecule has 0 spiro atoms. The Kier molecular flexibility index (Phi) is 14.1. The van der Waals surface area contributed by atoms with Gasteiger partial charge in [0.25, 0.3) is 0 Å². The summed E-state index contributed by atoms with van der Waals surface area (Å²) in [4.78, 5) is 14.5. The number of nitrogens with two attached hydrogens (primary N) is 1. The maximum atomic E-state index is 12.6. The number of amides is 1. The zero-order valence-electron chi connectivity index (χ0n) is 18.3. The van der Waals surface area contributed by atoms with Crippen LogP contribution in [0.1, 0.15) is 99.3 Å². The Bertz CT molecular complexity index is 348. The van der Waals surface area contributed by atoms with E-state index in [4.69, 9.17) is 10.5 Å². The van der Waals surface area contributed by atoms with E-state index in [9.17, 15) is 4.79 Å². The van der Waals surface area contributed by atoms with Gasteiger partial charge in [-0.15, -0.1) is 0 Å². The van der Waals surface area contributed by atoms with Crippen LogP contribution in [0.15, 0.2) is 0 Å². The summed E-state index contributed by atoms with van der Waals surface area (Å²) in [5, 5.41) is 0. The Hall–Kier alpha value is 0.0287. The van der Waals surface area contributed by atoms with Gasteiger partial charge in [-0.05, 0) is 0 Å². The first kappa shape index (κ1) is 26.0. The van der Waals surface area contributed by atoms with Crippen molar-refractivity contribution in [2.75, 3.05) is 17.7 Å². The molecule has 0 heterocycles. The molecule has 0 aromatic carbocycles. The number of hydrogen-bond acceptors (Lipinski definition) is 3. The molecule has 26 heavy (non-hydrogen) atoms. The van der Waals surface area contributed by atoms with Crippen molar-refractivity contribution in [1.29, 1.82) is 0 Å². The quantitative estimate of drug-likeness (QED) is 0.334. The summed E-state index contributed by atoms with van der Waals surface area (Å²) in [5.41, 5.74) is 5.33. The predicted octanol–water partition coefficient (Wildman–Crippen LogP) is 5.57. The topological polar surface area (TPSA) is 55.6 Å². The van der Waals surface area contributed by atoms with Crippen LogP contribution < -0.4 is 5.73 Å². The van der Waals surface area contributed by atoms with Crippen molar-refractivity contribution in [2.24, 2.45) is 5.73 Å². The number of nitrogens with zero attached hydrogens (tertiary/aromatic N) is 1. The molecule has 5 heteroatoms. The predicted molar refractivity (Wildman–Crippen MR) is 114 cm³/mol. The molecule has 0 bridgehead atoms. The number of carbonyl (C=O) groups excluding carboxylic acids is 1. The molecule has 0 saturated heterocycles. The van der Waals surface area contributed by atoms with E-state index >= 15 is 0 Å². The van der Waals surface area contributed by atoms with Crippen LogP contribution in [0.2, 0.25) is 3.43 Å². The molecule has 4 nitrogen and oxygen atoms in total. The van der Waals surface area contributed by atoms with E-state index in [1.165, 1.54) is 57.8 Å². The average molecular weight is 475 g/mol. The zero-order valence-corrected chi connectivity index (χ0v) is 21.2. The average Bonchev–Trinajstić information content (AvgIpc) is 2.57. The Morgan fingerprint density at radius 2 is 1.42 bits per heavy atom. The number of rotatable bonds is 14. The molecule has 154 valence electrons. The summed E-state index contributed by atoms with van der Waals surface area (Å²) in [5.74, 6) is 0. The Balaban J connectivity index is 5.12. The molecule has 0 aromatic heterocycles. The summed E-state index contributed by atoms with van der Waals surface area (Å²) < 4.78 is 7.07. The molecule has 0 aliphatic rings.